The number of aryl methyl sites for hydroxylation is 1. The Morgan fingerprint density at radius 3 is 3.14 bits per heavy atom. The van der Waals surface area contributed by atoms with E-state index in [1.54, 1.807) is 0 Å². The molecule has 2 N–H and O–H groups in total. The molecule has 1 aromatic rings. The van der Waals surface area contributed by atoms with E-state index in [2.05, 4.69) is 14.5 Å². The summed E-state index contributed by atoms with van der Waals surface area (Å²) in [5.41, 5.74) is 5.61. The molecular formula is C10H18N4. The van der Waals surface area contributed by atoms with Gasteiger partial charge in [-0.05, 0) is 25.8 Å². The zero-order valence-corrected chi connectivity index (χ0v) is 8.69. The minimum absolute atomic E-state index is 0.598. The fourth-order valence-corrected chi connectivity index (χ4v) is 2.23. The van der Waals surface area contributed by atoms with Crippen LogP contribution in [0.1, 0.15) is 19.3 Å². The molecule has 1 aromatic heterocycles. The van der Waals surface area contributed by atoms with Crippen LogP contribution in [0, 0.1) is 0 Å². The smallest absolute Gasteiger partial charge is 0.205 e. The van der Waals surface area contributed by atoms with Crippen molar-refractivity contribution in [3.05, 3.63) is 12.4 Å². The minimum Gasteiger partial charge on any atom is -0.339 e. The number of anilines is 1. The van der Waals surface area contributed by atoms with E-state index in [1.807, 2.05) is 19.4 Å². The number of nitrogens with zero attached hydrogens (tertiary/aromatic N) is 3. The molecule has 0 amide bonds. The lowest BCUT2D eigenvalue weighted by Gasteiger charge is -2.25. The van der Waals surface area contributed by atoms with Gasteiger partial charge in [0.25, 0.3) is 0 Å². The van der Waals surface area contributed by atoms with Crippen molar-refractivity contribution in [2.45, 2.75) is 25.3 Å². The van der Waals surface area contributed by atoms with E-state index >= 15 is 0 Å². The molecule has 1 unspecified atom stereocenters. The van der Waals surface area contributed by atoms with Gasteiger partial charge in [0.2, 0.25) is 5.95 Å². The Kier molecular flexibility index (Phi) is 2.72. The van der Waals surface area contributed by atoms with E-state index in [0.29, 0.717) is 6.04 Å². The van der Waals surface area contributed by atoms with Crippen LogP contribution in [0.3, 0.4) is 0 Å². The summed E-state index contributed by atoms with van der Waals surface area (Å²) in [7, 11) is 2.04. The van der Waals surface area contributed by atoms with Gasteiger partial charge in [0.15, 0.2) is 0 Å². The highest BCUT2D eigenvalue weighted by molar-refractivity contribution is 5.34. The number of aromatic nitrogens is 2. The van der Waals surface area contributed by atoms with Gasteiger partial charge in [0.1, 0.15) is 0 Å². The highest BCUT2D eigenvalue weighted by Crippen LogP contribution is 2.24. The van der Waals surface area contributed by atoms with Crippen LogP contribution < -0.4 is 10.6 Å². The summed E-state index contributed by atoms with van der Waals surface area (Å²) in [6.07, 6.45) is 7.44. The Hall–Kier alpha value is -1.03. The van der Waals surface area contributed by atoms with Gasteiger partial charge in [-0.2, -0.15) is 0 Å². The number of nitrogens with two attached hydrogens (primary N) is 1. The third-order valence-corrected chi connectivity index (χ3v) is 2.93. The first-order valence-corrected chi connectivity index (χ1v) is 5.27. The monoisotopic (exact) mass is 194 g/mol. The minimum atomic E-state index is 0.598. The molecule has 1 fully saturated rings. The van der Waals surface area contributed by atoms with Gasteiger partial charge in [-0.3, -0.25) is 0 Å². The molecule has 0 bridgehead atoms. The predicted molar refractivity (Wildman–Crippen MR) is 57.2 cm³/mol. The molecule has 1 aliphatic heterocycles. The predicted octanol–water partition coefficient (Wildman–Crippen LogP) is 0.738. The Balaban J connectivity index is 2.13. The zero-order valence-electron chi connectivity index (χ0n) is 8.69. The van der Waals surface area contributed by atoms with Crippen LogP contribution in [-0.4, -0.2) is 28.7 Å². The van der Waals surface area contributed by atoms with Crippen molar-refractivity contribution in [2.24, 2.45) is 12.8 Å². The summed E-state index contributed by atoms with van der Waals surface area (Å²) in [6.45, 7) is 1.89. The van der Waals surface area contributed by atoms with Crippen LogP contribution in [0.4, 0.5) is 5.95 Å². The first-order chi connectivity index (χ1) is 6.83. The maximum atomic E-state index is 5.61. The SMILES string of the molecule is Cn1ccnc1N1CCCC1CCN. The molecule has 1 atom stereocenters. The molecule has 0 spiro atoms. The van der Waals surface area contributed by atoms with Gasteiger partial charge in [-0.15, -0.1) is 0 Å². The molecular weight excluding hydrogens is 176 g/mol. The lowest BCUT2D eigenvalue weighted by atomic mass is 10.1. The van der Waals surface area contributed by atoms with Crippen molar-refractivity contribution in [1.29, 1.82) is 0 Å². The van der Waals surface area contributed by atoms with E-state index < -0.39 is 0 Å². The molecule has 1 aliphatic rings. The van der Waals surface area contributed by atoms with Crippen molar-refractivity contribution in [3.63, 3.8) is 0 Å². The van der Waals surface area contributed by atoms with E-state index in [0.717, 1.165) is 25.5 Å². The van der Waals surface area contributed by atoms with Crippen molar-refractivity contribution in [1.82, 2.24) is 9.55 Å². The van der Waals surface area contributed by atoms with Gasteiger partial charge in [0, 0.05) is 32.0 Å². The van der Waals surface area contributed by atoms with Crippen molar-refractivity contribution < 1.29 is 0 Å². The quantitative estimate of drug-likeness (QED) is 0.772. The van der Waals surface area contributed by atoms with Crippen molar-refractivity contribution in [3.8, 4) is 0 Å². The third-order valence-electron chi connectivity index (χ3n) is 2.93. The number of imidazole rings is 1. The van der Waals surface area contributed by atoms with Crippen LogP contribution in [0.5, 0.6) is 0 Å². The van der Waals surface area contributed by atoms with E-state index in [1.165, 1.54) is 12.8 Å². The fraction of sp³-hybridized carbons (Fsp3) is 0.700. The fourth-order valence-electron chi connectivity index (χ4n) is 2.23. The average Bonchev–Trinajstić information content (AvgIpc) is 2.74. The lowest BCUT2D eigenvalue weighted by Crippen LogP contribution is -2.32. The lowest BCUT2D eigenvalue weighted by molar-refractivity contribution is 0.603. The summed E-state index contributed by atoms with van der Waals surface area (Å²) in [5, 5.41) is 0. The van der Waals surface area contributed by atoms with Crippen LogP contribution in [-0.2, 0) is 7.05 Å². The molecule has 78 valence electrons. The highest BCUT2D eigenvalue weighted by Gasteiger charge is 2.26. The normalized spacial score (nSPS) is 21.9. The third kappa shape index (κ3) is 1.62. The average molecular weight is 194 g/mol. The Morgan fingerprint density at radius 2 is 2.50 bits per heavy atom. The molecule has 1 saturated heterocycles. The molecule has 4 nitrogen and oxygen atoms in total. The molecule has 2 heterocycles. The number of rotatable bonds is 3. The maximum absolute atomic E-state index is 5.61. The molecule has 2 rings (SSSR count). The highest BCUT2D eigenvalue weighted by atomic mass is 15.3. The molecule has 0 radical (unpaired) electrons. The topological polar surface area (TPSA) is 47.1 Å². The molecule has 4 heteroatoms. The van der Waals surface area contributed by atoms with Crippen LogP contribution in [0.2, 0.25) is 0 Å². The van der Waals surface area contributed by atoms with Gasteiger partial charge in [0.05, 0.1) is 0 Å². The molecule has 0 aliphatic carbocycles. The van der Waals surface area contributed by atoms with Crippen LogP contribution >= 0.6 is 0 Å². The largest absolute Gasteiger partial charge is 0.339 e. The van der Waals surface area contributed by atoms with Gasteiger partial charge >= 0.3 is 0 Å². The van der Waals surface area contributed by atoms with Crippen molar-refractivity contribution >= 4 is 5.95 Å². The first kappa shape index (κ1) is 9.52. The molecule has 14 heavy (non-hydrogen) atoms. The van der Waals surface area contributed by atoms with E-state index in [9.17, 15) is 0 Å². The van der Waals surface area contributed by atoms with Crippen LogP contribution in [0.25, 0.3) is 0 Å². The summed E-state index contributed by atoms with van der Waals surface area (Å²) < 4.78 is 2.08. The summed E-state index contributed by atoms with van der Waals surface area (Å²) >= 11 is 0. The maximum Gasteiger partial charge on any atom is 0.205 e. The summed E-state index contributed by atoms with van der Waals surface area (Å²) in [4.78, 5) is 6.76. The first-order valence-electron chi connectivity index (χ1n) is 5.27. The number of hydrogen-bond acceptors (Lipinski definition) is 3. The van der Waals surface area contributed by atoms with Gasteiger partial charge in [-0.1, -0.05) is 0 Å². The van der Waals surface area contributed by atoms with Crippen LogP contribution in [0.15, 0.2) is 12.4 Å². The Labute approximate surface area is 84.7 Å². The zero-order chi connectivity index (χ0) is 9.97. The van der Waals surface area contributed by atoms with E-state index in [-0.39, 0.29) is 0 Å². The standard InChI is InChI=1S/C10H18N4/c1-13-8-6-12-10(13)14-7-2-3-9(14)4-5-11/h6,8-9H,2-5,7,11H2,1H3. The second-order valence-corrected chi connectivity index (χ2v) is 3.90. The number of hydrogen-bond donors (Lipinski definition) is 1. The Bertz CT molecular complexity index is 294. The van der Waals surface area contributed by atoms with Gasteiger partial charge in [-0.25, -0.2) is 4.98 Å². The molecule has 0 saturated carbocycles. The summed E-state index contributed by atoms with van der Waals surface area (Å²) in [6, 6.07) is 0.598. The van der Waals surface area contributed by atoms with Crippen molar-refractivity contribution in [2.75, 3.05) is 18.0 Å². The second-order valence-electron chi connectivity index (χ2n) is 3.90. The van der Waals surface area contributed by atoms with Gasteiger partial charge < -0.3 is 15.2 Å². The Morgan fingerprint density at radius 1 is 1.64 bits per heavy atom. The molecule has 0 aromatic carbocycles. The summed E-state index contributed by atoms with van der Waals surface area (Å²) in [5.74, 6) is 1.08. The van der Waals surface area contributed by atoms with E-state index in [4.69, 9.17) is 5.73 Å². The second kappa shape index (κ2) is 4.00.